The molecule has 0 N–H and O–H groups in total. The number of anilines is 1. The number of amides is 1. The van der Waals surface area contributed by atoms with Gasteiger partial charge >= 0.3 is 0 Å². The maximum atomic E-state index is 13.0. The van der Waals surface area contributed by atoms with E-state index in [1.807, 2.05) is 11.3 Å². The first-order valence-corrected chi connectivity index (χ1v) is 11.1. The average molecular weight is 382 g/mol. The van der Waals surface area contributed by atoms with Crippen LogP contribution in [0.5, 0.6) is 0 Å². The maximum absolute atomic E-state index is 13.0. The fourth-order valence-corrected chi connectivity index (χ4v) is 5.58. The first-order valence-electron chi connectivity index (χ1n) is 10.2. The van der Waals surface area contributed by atoms with Gasteiger partial charge in [0, 0.05) is 49.3 Å². The van der Waals surface area contributed by atoms with Gasteiger partial charge in [-0.15, -0.1) is 11.3 Å². The Hall–Kier alpha value is -1.85. The Bertz CT molecular complexity index is 793. The Balaban J connectivity index is 1.21. The number of nitrogens with zero attached hydrogens (tertiary/aromatic N) is 3. The second kappa shape index (κ2) is 7.28. The molecule has 0 unspecified atom stereocenters. The molecule has 3 heterocycles. The Morgan fingerprint density at radius 1 is 1.00 bits per heavy atom. The molecule has 1 amide bonds. The zero-order valence-corrected chi connectivity index (χ0v) is 16.5. The Kier molecular flexibility index (Phi) is 4.66. The van der Waals surface area contributed by atoms with Crippen LogP contribution in [0.1, 0.15) is 29.3 Å². The highest BCUT2D eigenvalue weighted by Gasteiger charge is 2.40. The van der Waals surface area contributed by atoms with Gasteiger partial charge in [-0.3, -0.25) is 9.69 Å². The van der Waals surface area contributed by atoms with Crippen LogP contribution >= 0.6 is 11.3 Å². The molecule has 2 aromatic rings. The zero-order chi connectivity index (χ0) is 18.2. The lowest BCUT2D eigenvalue weighted by molar-refractivity contribution is -0.133. The van der Waals surface area contributed by atoms with E-state index in [1.54, 1.807) is 4.88 Å². The van der Waals surface area contributed by atoms with Crippen LogP contribution in [-0.2, 0) is 11.2 Å². The largest absolute Gasteiger partial charge is 0.368 e. The summed E-state index contributed by atoms with van der Waals surface area (Å²) < 4.78 is 0. The summed E-state index contributed by atoms with van der Waals surface area (Å²) >= 11 is 1.89. The van der Waals surface area contributed by atoms with Gasteiger partial charge in [-0.2, -0.15) is 0 Å². The summed E-state index contributed by atoms with van der Waals surface area (Å²) in [4.78, 5) is 21.5. The number of hydrogen-bond acceptors (Lipinski definition) is 4. The molecule has 142 valence electrons. The Morgan fingerprint density at radius 3 is 2.52 bits per heavy atom. The van der Waals surface area contributed by atoms with Crippen molar-refractivity contribution in [3.63, 3.8) is 0 Å². The molecule has 2 fully saturated rings. The van der Waals surface area contributed by atoms with Crippen LogP contribution in [0.4, 0.5) is 5.69 Å². The molecule has 0 bridgehead atoms. The molecule has 27 heavy (non-hydrogen) atoms. The van der Waals surface area contributed by atoms with Crippen molar-refractivity contribution in [3.8, 4) is 0 Å². The van der Waals surface area contributed by atoms with Gasteiger partial charge in [0.2, 0.25) is 5.91 Å². The van der Waals surface area contributed by atoms with Gasteiger partial charge in [0.25, 0.3) is 0 Å². The first-order chi connectivity index (χ1) is 13.3. The Morgan fingerprint density at radius 2 is 1.78 bits per heavy atom. The molecule has 5 rings (SSSR count). The van der Waals surface area contributed by atoms with Crippen molar-refractivity contribution in [2.75, 3.05) is 44.2 Å². The van der Waals surface area contributed by atoms with Gasteiger partial charge in [0.05, 0.1) is 6.54 Å². The number of carbonyl (C=O) groups is 1. The molecule has 3 aliphatic rings. The quantitative estimate of drug-likeness (QED) is 0.812. The number of para-hydroxylation sites is 1. The third-order valence-electron chi connectivity index (χ3n) is 6.28. The molecular weight excluding hydrogens is 354 g/mol. The van der Waals surface area contributed by atoms with Gasteiger partial charge < -0.3 is 9.80 Å². The van der Waals surface area contributed by atoms with Gasteiger partial charge in [-0.05, 0) is 54.3 Å². The summed E-state index contributed by atoms with van der Waals surface area (Å²) in [6.45, 7) is 5.14. The standard InChI is InChI=1S/C22H27N3OS/c26-21(24-13-11-23(12-14-24)18-4-2-1-3-5-18)16-25-10-8-20-19(9-15-27-20)22(25)17-6-7-17/h1-5,9,15,17,22H,6-8,10-14,16H2/t22-/m0/s1. The monoisotopic (exact) mass is 381 g/mol. The van der Waals surface area contributed by atoms with Crippen molar-refractivity contribution < 1.29 is 4.79 Å². The van der Waals surface area contributed by atoms with Crippen LogP contribution < -0.4 is 4.90 Å². The van der Waals surface area contributed by atoms with Crippen molar-refractivity contribution in [2.45, 2.75) is 25.3 Å². The van der Waals surface area contributed by atoms with Crippen LogP contribution in [0.3, 0.4) is 0 Å². The summed E-state index contributed by atoms with van der Waals surface area (Å²) in [5, 5.41) is 2.23. The smallest absolute Gasteiger partial charge is 0.236 e. The van der Waals surface area contributed by atoms with E-state index in [9.17, 15) is 4.79 Å². The van der Waals surface area contributed by atoms with E-state index in [2.05, 4.69) is 56.5 Å². The van der Waals surface area contributed by atoms with E-state index >= 15 is 0 Å². The fourth-order valence-electron chi connectivity index (χ4n) is 4.67. The predicted octanol–water partition coefficient (Wildman–Crippen LogP) is 3.41. The number of rotatable bonds is 4. The minimum atomic E-state index is 0.312. The predicted molar refractivity (Wildman–Crippen MR) is 110 cm³/mol. The molecule has 1 aromatic carbocycles. The molecule has 1 aliphatic carbocycles. The average Bonchev–Trinajstić information content (AvgIpc) is 3.44. The summed E-state index contributed by atoms with van der Waals surface area (Å²) in [5.41, 5.74) is 2.77. The third-order valence-corrected chi connectivity index (χ3v) is 7.28. The number of piperazine rings is 1. The van der Waals surface area contributed by atoms with Gasteiger partial charge in [0.15, 0.2) is 0 Å². The van der Waals surface area contributed by atoms with Crippen molar-refractivity contribution in [2.24, 2.45) is 5.92 Å². The number of carbonyl (C=O) groups excluding carboxylic acids is 1. The van der Waals surface area contributed by atoms with E-state index in [-0.39, 0.29) is 0 Å². The highest BCUT2D eigenvalue weighted by Crippen LogP contribution is 2.48. The first kappa shape index (κ1) is 17.3. The summed E-state index contributed by atoms with van der Waals surface area (Å²) in [6, 6.07) is 13.3. The summed E-state index contributed by atoms with van der Waals surface area (Å²) in [5.74, 6) is 1.08. The minimum absolute atomic E-state index is 0.312. The second-order valence-corrected chi connectivity index (χ2v) is 9.01. The van der Waals surface area contributed by atoms with Crippen LogP contribution in [-0.4, -0.2) is 55.0 Å². The van der Waals surface area contributed by atoms with E-state index in [4.69, 9.17) is 0 Å². The summed E-state index contributed by atoms with van der Waals surface area (Å²) in [7, 11) is 0. The van der Waals surface area contributed by atoms with E-state index in [1.165, 1.54) is 24.1 Å². The van der Waals surface area contributed by atoms with E-state index in [0.717, 1.165) is 45.1 Å². The molecule has 1 atom stereocenters. The third kappa shape index (κ3) is 3.50. The molecular formula is C22H27N3OS. The van der Waals surface area contributed by atoms with Gasteiger partial charge in [-0.1, -0.05) is 18.2 Å². The maximum Gasteiger partial charge on any atom is 0.236 e. The van der Waals surface area contributed by atoms with Crippen molar-refractivity contribution >= 4 is 22.9 Å². The van der Waals surface area contributed by atoms with E-state index in [0.29, 0.717) is 18.5 Å². The highest BCUT2D eigenvalue weighted by molar-refractivity contribution is 7.10. The molecule has 1 saturated carbocycles. The lowest BCUT2D eigenvalue weighted by atomic mass is 9.96. The van der Waals surface area contributed by atoms with Gasteiger partial charge in [-0.25, -0.2) is 0 Å². The summed E-state index contributed by atoms with van der Waals surface area (Å²) in [6.07, 6.45) is 3.74. The number of hydrogen-bond donors (Lipinski definition) is 0. The topological polar surface area (TPSA) is 26.8 Å². The van der Waals surface area contributed by atoms with E-state index < -0.39 is 0 Å². The second-order valence-electron chi connectivity index (χ2n) is 8.01. The van der Waals surface area contributed by atoms with Crippen molar-refractivity contribution in [3.05, 3.63) is 52.2 Å². The normalized spacial score (nSPS) is 23.3. The van der Waals surface area contributed by atoms with Crippen molar-refractivity contribution in [1.82, 2.24) is 9.80 Å². The van der Waals surface area contributed by atoms with Gasteiger partial charge in [0.1, 0.15) is 0 Å². The number of thiophene rings is 1. The molecule has 4 nitrogen and oxygen atoms in total. The van der Waals surface area contributed by atoms with Crippen LogP contribution in [0, 0.1) is 5.92 Å². The number of fused-ring (bicyclic) bond motifs is 1. The highest BCUT2D eigenvalue weighted by atomic mass is 32.1. The molecule has 0 spiro atoms. The lowest BCUT2D eigenvalue weighted by Crippen LogP contribution is -2.52. The molecule has 2 aliphatic heterocycles. The Labute approximate surface area is 165 Å². The van der Waals surface area contributed by atoms with Crippen LogP contribution in [0.15, 0.2) is 41.8 Å². The fraction of sp³-hybridized carbons (Fsp3) is 0.500. The van der Waals surface area contributed by atoms with Crippen molar-refractivity contribution in [1.29, 1.82) is 0 Å². The SMILES string of the molecule is O=C(CN1CCc2sccc2[C@@H]1C1CC1)N1CCN(c2ccccc2)CC1. The molecule has 5 heteroatoms. The molecule has 1 saturated heterocycles. The van der Waals surface area contributed by atoms with Crippen LogP contribution in [0.2, 0.25) is 0 Å². The number of benzene rings is 1. The lowest BCUT2D eigenvalue weighted by Gasteiger charge is -2.39. The zero-order valence-electron chi connectivity index (χ0n) is 15.7. The van der Waals surface area contributed by atoms with Crippen LogP contribution in [0.25, 0.3) is 0 Å². The molecule has 1 aromatic heterocycles. The molecule has 0 radical (unpaired) electrons. The minimum Gasteiger partial charge on any atom is -0.368 e.